The molecule has 0 aliphatic heterocycles. The summed E-state index contributed by atoms with van der Waals surface area (Å²) < 4.78 is 0. The van der Waals surface area contributed by atoms with Gasteiger partial charge < -0.3 is 10.8 Å². The van der Waals surface area contributed by atoms with Gasteiger partial charge in [0, 0.05) is 12.5 Å². The molecule has 1 unspecified atom stereocenters. The van der Waals surface area contributed by atoms with E-state index in [1.54, 1.807) is 0 Å². The molecule has 0 spiro atoms. The van der Waals surface area contributed by atoms with Gasteiger partial charge in [-0.05, 0) is 26.2 Å². The molecule has 20 heavy (non-hydrogen) atoms. The molecule has 0 aliphatic carbocycles. The molecule has 122 valence electrons. The van der Waals surface area contributed by atoms with Crippen molar-refractivity contribution in [1.82, 2.24) is 0 Å². The molecular formula is C17H37NO2. The summed E-state index contributed by atoms with van der Waals surface area (Å²) in [5, 5.41) is 7.42. The predicted octanol–water partition coefficient (Wildman–Crippen LogP) is 4.98. The number of nitrogens with two attached hydrogens (primary N) is 1. The number of carboxylic acids is 1. The van der Waals surface area contributed by atoms with Crippen molar-refractivity contribution in [2.45, 2.75) is 97.9 Å². The van der Waals surface area contributed by atoms with Gasteiger partial charge in [-0.1, -0.05) is 65.2 Å². The number of carboxylic acid groups (broad SMARTS) is 1. The van der Waals surface area contributed by atoms with Crippen LogP contribution < -0.4 is 5.73 Å². The molecule has 3 heteroatoms. The second-order valence-electron chi connectivity index (χ2n) is 6.50. The highest BCUT2D eigenvalue weighted by Crippen LogP contribution is 2.20. The van der Waals surface area contributed by atoms with Gasteiger partial charge in [-0.3, -0.25) is 4.79 Å². The molecule has 0 amide bonds. The molecule has 0 rings (SSSR count). The van der Waals surface area contributed by atoms with Gasteiger partial charge in [0.25, 0.3) is 5.97 Å². The third-order valence-corrected chi connectivity index (χ3v) is 3.76. The molecule has 3 nitrogen and oxygen atoms in total. The van der Waals surface area contributed by atoms with Crippen LogP contribution in [0.25, 0.3) is 0 Å². The molecule has 0 aliphatic rings. The Morgan fingerprint density at radius 2 is 1.40 bits per heavy atom. The van der Waals surface area contributed by atoms with Crippen LogP contribution in [-0.4, -0.2) is 16.6 Å². The molecule has 0 bridgehead atoms. The fraction of sp³-hybridized carbons (Fsp3) is 0.941. The van der Waals surface area contributed by atoms with Gasteiger partial charge in [0.1, 0.15) is 0 Å². The van der Waals surface area contributed by atoms with E-state index in [0.29, 0.717) is 5.92 Å². The Kier molecular flexibility index (Phi) is 14.6. The fourth-order valence-corrected chi connectivity index (χ4v) is 1.96. The van der Waals surface area contributed by atoms with Crippen molar-refractivity contribution >= 4 is 5.97 Å². The molecule has 3 N–H and O–H groups in total. The van der Waals surface area contributed by atoms with Crippen molar-refractivity contribution < 1.29 is 9.90 Å². The van der Waals surface area contributed by atoms with Crippen LogP contribution in [0.15, 0.2) is 0 Å². The van der Waals surface area contributed by atoms with Crippen molar-refractivity contribution in [1.29, 1.82) is 0 Å². The lowest BCUT2D eigenvalue weighted by molar-refractivity contribution is -0.134. The average Bonchev–Trinajstić information content (AvgIpc) is 2.30. The highest BCUT2D eigenvalue weighted by molar-refractivity contribution is 5.62. The number of hydrogen-bond acceptors (Lipinski definition) is 2. The van der Waals surface area contributed by atoms with Crippen molar-refractivity contribution in [2.75, 3.05) is 0 Å². The van der Waals surface area contributed by atoms with E-state index in [1.807, 2.05) is 0 Å². The highest BCUT2D eigenvalue weighted by atomic mass is 16.4. The smallest absolute Gasteiger partial charge is 0.300 e. The SMILES string of the molecule is CC(=O)O.CCCCCCCCCCC(C)C(C)(C)N. The number of hydrogen-bond donors (Lipinski definition) is 2. The third kappa shape index (κ3) is 19.8. The van der Waals surface area contributed by atoms with E-state index in [4.69, 9.17) is 15.6 Å². The van der Waals surface area contributed by atoms with Gasteiger partial charge in [0.05, 0.1) is 0 Å². The molecule has 0 radical (unpaired) electrons. The van der Waals surface area contributed by atoms with Crippen LogP contribution >= 0.6 is 0 Å². The Balaban J connectivity index is 0. The summed E-state index contributed by atoms with van der Waals surface area (Å²) in [6.45, 7) is 9.92. The Morgan fingerprint density at radius 1 is 1.05 bits per heavy atom. The summed E-state index contributed by atoms with van der Waals surface area (Å²) in [5.41, 5.74) is 6.08. The zero-order valence-electron chi connectivity index (χ0n) is 14.4. The van der Waals surface area contributed by atoms with E-state index < -0.39 is 5.97 Å². The zero-order valence-corrected chi connectivity index (χ0v) is 14.4. The number of rotatable bonds is 10. The maximum atomic E-state index is 9.00. The molecule has 0 fully saturated rings. The summed E-state index contributed by atoms with van der Waals surface area (Å²) in [6.07, 6.45) is 12.5. The van der Waals surface area contributed by atoms with Crippen molar-refractivity contribution in [3.05, 3.63) is 0 Å². The number of unbranched alkanes of at least 4 members (excludes halogenated alkanes) is 7. The minimum atomic E-state index is -0.833. The van der Waals surface area contributed by atoms with E-state index in [-0.39, 0.29) is 5.54 Å². The maximum Gasteiger partial charge on any atom is 0.300 e. The second kappa shape index (κ2) is 13.4. The molecule has 0 heterocycles. The summed E-state index contributed by atoms with van der Waals surface area (Å²) in [5.74, 6) is -0.187. The van der Waals surface area contributed by atoms with Crippen LogP contribution in [0, 0.1) is 5.92 Å². The van der Waals surface area contributed by atoms with Crippen molar-refractivity contribution in [3.8, 4) is 0 Å². The van der Waals surface area contributed by atoms with Crippen LogP contribution in [-0.2, 0) is 4.79 Å². The predicted molar refractivity (Wildman–Crippen MR) is 88.0 cm³/mol. The van der Waals surface area contributed by atoms with Gasteiger partial charge in [0.2, 0.25) is 0 Å². The Hall–Kier alpha value is -0.570. The quantitative estimate of drug-likeness (QED) is 0.557. The lowest BCUT2D eigenvalue weighted by atomic mass is 9.86. The number of aliphatic carboxylic acids is 1. The summed E-state index contributed by atoms with van der Waals surface area (Å²) in [4.78, 5) is 9.00. The monoisotopic (exact) mass is 287 g/mol. The van der Waals surface area contributed by atoms with Gasteiger partial charge >= 0.3 is 0 Å². The second-order valence-corrected chi connectivity index (χ2v) is 6.50. The van der Waals surface area contributed by atoms with Crippen LogP contribution in [0.1, 0.15) is 92.4 Å². The van der Waals surface area contributed by atoms with E-state index in [1.165, 1.54) is 57.8 Å². The Morgan fingerprint density at radius 3 is 1.75 bits per heavy atom. The van der Waals surface area contributed by atoms with Gasteiger partial charge in [-0.2, -0.15) is 0 Å². The molecule has 1 atom stereocenters. The first kappa shape index (κ1) is 21.7. The summed E-state index contributed by atoms with van der Waals surface area (Å²) >= 11 is 0. The molecular weight excluding hydrogens is 250 g/mol. The van der Waals surface area contributed by atoms with Crippen LogP contribution in [0.5, 0.6) is 0 Å². The molecule has 0 saturated heterocycles. The van der Waals surface area contributed by atoms with Gasteiger partial charge in [0.15, 0.2) is 0 Å². The fourth-order valence-electron chi connectivity index (χ4n) is 1.96. The lowest BCUT2D eigenvalue weighted by Gasteiger charge is -2.27. The van der Waals surface area contributed by atoms with Crippen LogP contribution in [0.2, 0.25) is 0 Å². The third-order valence-electron chi connectivity index (χ3n) is 3.76. The van der Waals surface area contributed by atoms with Crippen LogP contribution in [0.3, 0.4) is 0 Å². The van der Waals surface area contributed by atoms with Gasteiger partial charge in [-0.25, -0.2) is 0 Å². The standard InChI is InChI=1S/C15H33N.C2H4O2/c1-5-6-7-8-9-10-11-12-13-14(2)15(3,4)16;1-2(3)4/h14H,5-13,16H2,1-4H3;1H3,(H,3,4). The van der Waals surface area contributed by atoms with Crippen molar-refractivity contribution in [3.63, 3.8) is 0 Å². The normalized spacial score (nSPS) is 12.5. The zero-order chi connectivity index (χ0) is 16.0. The first-order chi connectivity index (χ1) is 9.21. The largest absolute Gasteiger partial charge is 0.481 e. The maximum absolute atomic E-state index is 9.00. The minimum Gasteiger partial charge on any atom is -0.481 e. The van der Waals surface area contributed by atoms with Crippen LogP contribution in [0.4, 0.5) is 0 Å². The summed E-state index contributed by atoms with van der Waals surface area (Å²) in [6, 6.07) is 0. The van der Waals surface area contributed by atoms with E-state index in [9.17, 15) is 0 Å². The highest BCUT2D eigenvalue weighted by Gasteiger charge is 2.19. The van der Waals surface area contributed by atoms with E-state index >= 15 is 0 Å². The van der Waals surface area contributed by atoms with Gasteiger partial charge in [-0.15, -0.1) is 0 Å². The molecule has 0 aromatic rings. The van der Waals surface area contributed by atoms with Crippen molar-refractivity contribution in [2.24, 2.45) is 11.7 Å². The minimum absolute atomic E-state index is 0.00112. The topological polar surface area (TPSA) is 63.3 Å². The average molecular weight is 287 g/mol. The molecule has 0 saturated carbocycles. The summed E-state index contributed by atoms with van der Waals surface area (Å²) in [7, 11) is 0. The van der Waals surface area contributed by atoms with E-state index in [0.717, 1.165) is 6.92 Å². The Labute approximate surface area is 126 Å². The lowest BCUT2D eigenvalue weighted by Crippen LogP contribution is -2.39. The first-order valence-electron chi connectivity index (χ1n) is 8.20. The Bertz CT molecular complexity index is 218. The molecule has 0 aromatic carbocycles. The van der Waals surface area contributed by atoms with E-state index in [2.05, 4.69) is 27.7 Å². The molecule has 0 aromatic heterocycles. The number of carbonyl (C=O) groups is 1. The first-order valence-corrected chi connectivity index (χ1v) is 8.20.